The van der Waals surface area contributed by atoms with E-state index in [0.29, 0.717) is 0 Å². The first-order valence-corrected chi connectivity index (χ1v) is 6.54. The molecule has 16 heavy (non-hydrogen) atoms. The van der Waals surface area contributed by atoms with Crippen molar-refractivity contribution in [1.82, 2.24) is 0 Å². The Kier molecular flexibility index (Phi) is 2.32. The van der Waals surface area contributed by atoms with E-state index < -0.39 is 0 Å². The highest BCUT2D eigenvalue weighted by Gasteiger charge is 2.37. The second-order valence-electron chi connectivity index (χ2n) is 4.38. The minimum absolute atomic E-state index is 0.297. The molecule has 3 heteroatoms. The maximum absolute atomic E-state index is 6.50. The molecule has 3 rings (SSSR count). The van der Waals surface area contributed by atoms with Crippen molar-refractivity contribution >= 4 is 22.9 Å². The van der Waals surface area contributed by atoms with E-state index in [4.69, 9.17) is 17.3 Å². The molecule has 1 nitrogen and oxygen atoms in total. The van der Waals surface area contributed by atoms with Gasteiger partial charge in [0.25, 0.3) is 0 Å². The topological polar surface area (TPSA) is 26.0 Å². The molecule has 1 aromatic carbocycles. The van der Waals surface area contributed by atoms with Crippen LogP contribution in [0.3, 0.4) is 0 Å². The van der Waals surface area contributed by atoms with Crippen molar-refractivity contribution < 1.29 is 0 Å². The fourth-order valence-corrected chi connectivity index (χ4v) is 3.81. The smallest absolute Gasteiger partial charge is 0.0600 e. The summed E-state index contributed by atoms with van der Waals surface area (Å²) in [7, 11) is 0. The summed E-state index contributed by atoms with van der Waals surface area (Å²) in [6.07, 6.45) is 1.78. The number of benzene rings is 1. The van der Waals surface area contributed by atoms with Crippen LogP contribution in [0.1, 0.15) is 16.0 Å². The lowest BCUT2D eigenvalue weighted by atomic mass is 9.95. The van der Waals surface area contributed by atoms with Crippen molar-refractivity contribution in [3.05, 3.63) is 56.7 Å². The average molecular weight is 250 g/mol. The van der Waals surface area contributed by atoms with Gasteiger partial charge in [-0.05, 0) is 35.4 Å². The van der Waals surface area contributed by atoms with Crippen LogP contribution in [0, 0.1) is 0 Å². The monoisotopic (exact) mass is 249 g/mol. The Morgan fingerprint density at radius 2 is 1.75 bits per heavy atom. The summed E-state index contributed by atoms with van der Waals surface area (Å²) in [5, 5.41) is 2.82. The minimum atomic E-state index is -0.297. The van der Waals surface area contributed by atoms with Crippen LogP contribution >= 0.6 is 22.9 Å². The first kappa shape index (κ1) is 10.3. The quantitative estimate of drug-likeness (QED) is 0.824. The van der Waals surface area contributed by atoms with Crippen LogP contribution in [0.5, 0.6) is 0 Å². The van der Waals surface area contributed by atoms with E-state index in [0.717, 1.165) is 22.7 Å². The van der Waals surface area contributed by atoms with Crippen LogP contribution in [0.15, 0.2) is 35.7 Å². The SMILES string of the molecule is NC1(c2sccc2Cl)Cc2ccccc2C1. The standard InChI is InChI=1S/C13H12ClNS/c14-11-5-6-16-12(11)13(15)7-9-3-1-2-4-10(9)8-13/h1-6H,7-8,15H2. The zero-order valence-corrected chi connectivity index (χ0v) is 10.3. The average Bonchev–Trinajstić information content (AvgIpc) is 2.81. The lowest BCUT2D eigenvalue weighted by Gasteiger charge is -2.22. The summed E-state index contributed by atoms with van der Waals surface area (Å²) in [5.41, 5.74) is 8.92. The lowest BCUT2D eigenvalue weighted by Crippen LogP contribution is -2.36. The van der Waals surface area contributed by atoms with Crippen molar-refractivity contribution in [2.75, 3.05) is 0 Å². The van der Waals surface area contributed by atoms with E-state index in [-0.39, 0.29) is 5.54 Å². The molecule has 0 amide bonds. The van der Waals surface area contributed by atoms with Crippen LogP contribution in [-0.4, -0.2) is 0 Å². The Hall–Kier alpha value is -0.830. The third-order valence-electron chi connectivity index (χ3n) is 3.20. The van der Waals surface area contributed by atoms with Gasteiger partial charge in [0, 0.05) is 4.88 Å². The van der Waals surface area contributed by atoms with E-state index >= 15 is 0 Å². The van der Waals surface area contributed by atoms with Gasteiger partial charge >= 0.3 is 0 Å². The van der Waals surface area contributed by atoms with Crippen LogP contribution < -0.4 is 5.73 Å². The fraction of sp³-hybridized carbons (Fsp3) is 0.231. The molecule has 1 aromatic heterocycles. The second kappa shape index (κ2) is 3.59. The van der Waals surface area contributed by atoms with E-state index in [1.165, 1.54) is 11.1 Å². The highest BCUT2D eigenvalue weighted by atomic mass is 35.5. The summed E-state index contributed by atoms with van der Waals surface area (Å²) >= 11 is 7.84. The van der Waals surface area contributed by atoms with Gasteiger partial charge in [-0.25, -0.2) is 0 Å². The second-order valence-corrected chi connectivity index (χ2v) is 5.70. The van der Waals surface area contributed by atoms with Gasteiger partial charge < -0.3 is 5.73 Å². The van der Waals surface area contributed by atoms with Crippen molar-refractivity contribution in [2.24, 2.45) is 5.73 Å². The number of fused-ring (bicyclic) bond motifs is 1. The summed E-state index contributed by atoms with van der Waals surface area (Å²) in [5.74, 6) is 0. The molecule has 0 aliphatic heterocycles. The number of hydrogen-bond donors (Lipinski definition) is 1. The van der Waals surface area contributed by atoms with Crippen LogP contribution in [0.25, 0.3) is 0 Å². The molecular weight excluding hydrogens is 238 g/mol. The zero-order valence-electron chi connectivity index (χ0n) is 8.74. The summed E-state index contributed by atoms with van der Waals surface area (Å²) in [6.45, 7) is 0. The first-order valence-electron chi connectivity index (χ1n) is 5.28. The maximum atomic E-state index is 6.50. The molecule has 82 valence electrons. The molecular formula is C13H12ClNS. The molecule has 1 aliphatic rings. The van der Waals surface area contributed by atoms with Gasteiger partial charge in [0.1, 0.15) is 0 Å². The molecule has 1 heterocycles. The Balaban J connectivity index is 2.04. The fourth-order valence-electron chi connectivity index (χ4n) is 2.45. The van der Waals surface area contributed by atoms with Crippen molar-refractivity contribution in [1.29, 1.82) is 0 Å². The summed E-state index contributed by atoms with van der Waals surface area (Å²) in [6, 6.07) is 10.4. The molecule has 0 bridgehead atoms. The maximum Gasteiger partial charge on any atom is 0.0600 e. The van der Waals surface area contributed by atoms with Crippen molar-refractivity contribution in [3.8, 4) is 0 Å². The number of nitrogens with two attached hydrogens (primary N) is 1. The van der Waals surface area contributed by atoms with Crippen LogP contribution in [-0.2, 0) is 18.4 Å². The van der Waals surface area contributed by atoms with E-state index in [1.54, 1.807) is 11.3 Å². The van der Waals surface area contributed by atoms with E-state index in [1.807, 2.05) is 11.4 Å². The molecule has 0 radical (unpaired) electrons. The van der Waals surface area contributed by atoms with Gasteiger partial charge in [-0.1, -0.05) is 35.9 Å². The number of rotatable bonds is 1. The summed E-state index contributed by atoms with van der Waals surface area (Å²) < 4.78 is 0. The molecule has 0 fully saturated rings. The Bertz CT molecular complexity index is 507. The Labute approximate surface area is 104 Å². The van der Waals surface area contributed by atoms with E-state index in [2.05, 4.69) is 24.3 Å². The molecule has 0 saturated heterocycles. The van der Waals surface area contributed by atoms with Gasteiger partial charge in [-0.2, -0.15) is 0 Å². The molecule has 0 unspecified atom stereocenters. The predicted octanol–water partition coefficient (Wildman–Crippen LogP) is 3.35. The molecule has 0 atom stereocenters. The highest BCUT2D eigenvalue weighted by Crippen LogP contribution is 2.41. The van der Waals surface area contributed by atoms with Gasteiger partial charge in [0.15, 0.2) is 0 Å². The number of halogens is 1. The third-order valence-corrected chi connectivity index (χ3v) is 4.76. The van der Waals surface area contributed by atoms with Gasteiger partial charge in [-0.15, -0.1) is 11.3 Å². The predicted molar refractivity (Wildman–Crippen MR) is 69.0 cm³/mol. The van der Waals surface area contributed by atoms with E-state index in [9.17, 15) is 0 Å². The lowest BCUT2D eigenvalue weighted by molar-refractivity contribution is 0.483. The van der Waals surface area contributed by atoms with Crippen molar-refractivity contribution in [3.63, 3.8) is 0 Å². The summed E-state index contributed by atoms with van der Waals surface area (Å²) in [4.78, 5) is 1.12. The highest BCUT2D eigenvalue weighted by molar-refractivity contribution is 7.10. The van der Waals surface area contributed by atoms with Gasteiger partial charge in [-0.3, -0.25) is 0 Å². The molecule has 2 N–H and O–H groups in total. The van der Waals surface area contributed by atoms with Crippen LogP contribution in [0.4, 0.5) is 0 Å². The molecule has 0 spiro atoms. The molecule has 1 aliphatic carbocycles. The first-order chi connectivity index (χ1) is 7.69. The Morgan fingerprint density at radius 3 is 2.25 bits per heavy atom. The van der Waals surface area contributed by atoms with Crippen molar-refractivity contribution in [2.45, 2.75) is 18.4 Å². The van der Waals surface area contributed by atoms with Crippen LogP contribution in [0.2, 0.25) is 5.02 Å². The zero-order chi connectivity index (χ0) is 11.2. The van der Waals surface area contributed by atoms with Gasteiger partial charge in [0.2, 0.25) is 0 Å². The Morgan fingerprint density at radius 1 is 1.12 bits per heavy atom. The normalized spacial score (nSPS) is 17.4. The molecule has 2 aromatic rings. The minimum Gasteiger partial charge on any atom is -0.320 e. The van der Waals surface area contributed by atoms with Gasteiger partial charge in [0.05, 0.1) is 10.6 Å². The number of thiophene rings is 1. The third kappa shape index (κ3) is 1.49. The molecule has 0 saturated carbocycles. The largest absolute Gasteiger partial charge is 0.320 e. The number of hydrogen-bond acceptors (Lipinski definition) is 2.